The fourth-order valence-electron chi connectivity index (χ4n) is 8.02. The zero-order valence-electron chi connectivity index (χ0n) is 30.2. The number of amidine groups is 2. The topological polar surface area (TPSA) is 63.0 Å². The highest BCUT2D eigenvalue weighted by molar-refractivity contribution is 6.15. The molecule has 8 aromatic carbocycles. The molecule has 5 heteroatoms. The third-order valence-corrected chi connectivity index (χ3v) is 10.8. The fraction of sp³-hybridized carbons (Fsp3) is 0.0196. The molecule has 5 nitrogen and oxygen atoms in total. The van der Waals surface area contributed by atoms with Gasteiger partial charge in [0.05, 0.1) is 0 Å². The van der Waals surface area contributed by atoms with E-state index in [4.69, 9.17) is 18.8 Å². The number of benzene rings is 8. The highest BCUT2D eigenvalue weighted by Crippen LogP contribution is 2.40. The summed E-state index contributed by atoms with van der Waals surface area (Å²) in [6.07, 6.45) is -0.261. The van der Waals surface area contributed by atoms with Crippen molar-refractivity contribution in [3.8, 4) is 33.4 Å². The molecule has 1 unspecified atom stereocenters. The highest BCUT2D eigenvalue weighted by Gasteiger charge is 2.22. The summed E-state index contributed by atoms with van der Waals surface area (Å²) < 4.78 is 12.8. The van der Waals surface area contributed by atoms with Crippen LogP contribution < -0.4 is 5.32 Å². The standard InChI is InChI=1S/C51H33N3O2/c1-3-12-34(13-4-1)49-52-50(35-14-5-2-6-15-35)54-51(53-49)38-17-9-16-36(30-38)37-28-29-45-43(31-37)47-39(19-11-23-46(47)55-45)32-24-26-33(27-25-32)40-20-10-21-42-41-18-7-8-22-44(41)56-48(40)42/h1-31,49H,(H,52,53,54). The lowest BCUT2D eigenvalue weighted by molar-refractivity contribution is 0.669. The van der Waals surface area contributed by atoms with Crippen LogP contribution in [0.1, 0.15) is 22.9 Å². The number of fused-ring (bicyclic) bond motifs is 6. The van der Waals surface area contributed by atoms with Crippen molar-refractivity contribution in [1.29, 1.82) is 0 Å². The predicted molar refractivity (Wildman–Crippen MR) is 229 cm³/mol. The quantitative estimate of drug-likeness (QED) is 0.186. The number of para-hydroxylation sites is 2. The van der Waals surface area contributed by atoms with E-state index in [0.29, 0.717) is 5.84 Å². The van der Waals surface area contributed by atoms with E-state index >= 15 is 0 Å². The zero-order chi connectivity index (χ0) is 37.0. The maximum Gasteiger partial charge on any atom is 0.159 e. The molecule has 11 rings (SSSR count). The van der Waals surface area contributed by atoms with Gasteiger partial charge in [-0.05, 0) is 63.7 Å². The van der Waals surface area contributed by atoms with E-state index in [9.17, 15) is 0 Å². The van der Waals surface area contributed by atoms with Gasteiger partial charge in [0, 0.05) is 38.2 Å². The average molecular weight is 720 g/mol. The lowest BCUT2D eigenvalue weighted by Gasteiger charge is -2.23. The molecule has 0 aliphatic carbocycles. The van der Waals surface area contributed by atoms with Crippen molar-refractivity contribution in [1.82, 2.24) is 5.32 Å². The molecule has 1 atom stereocenters. The Morgan fingerprint density at radius 2 is 1.02 bits per heavy atom. The summed E-state index contributed by atoms with van der Waals surface area (Å²) in [6, 6.07) is 65.2. The minimum atomic E-state index is -0.261. The minimum absolute atomic E-state index is 0.261. The van der Waals surface area contributed by atoms with Gasteiger partial charge in [0.25, 0.3) is 0 Å². The molecule has 3 heterocycles. The summed E-state index contributed by atoms with van der Waals surface area (Å²) in [5.74, 6) is 1.49. The Bertz CT molecular complexity index is 3160. The molecule has 1 aliphatic heterocycles. The van der Waals surface area contributed by atoms with Crippen LogP contribution in [0, 0.1) is 0 Å². The number of furan rings is 2. The number of hydrogen-bond donors (Lipinski definition) is 1. The van der Waals surface area contributed by atoms with E-state index in [1.807, 2.05) is 48.5 Å². The lowest BCUT2D eigenvalue weighted by Crippen LogP contribution is -2.33. The molecule has 0 saturated heterocycles. The van der Waals surface area contributed by atoms with E-state index in [0.717, 1.165) is 99.8 Å². The molecule has 0 spiro atoms. The monoisotopic (exact) mass is 719 g/mol. The molecule has 2 aromatic heterocycles. The van der Waals surface area contributed by atoms with E-state index in [1.54, 1.807) is 0 Å². The number of nitrogens with zero attached hydrogens (tertiary/aromatic N) is 2. The van der Waals surface area contributed by atoms with Gasteiger partial charge in [0.2, 0.25) is 0 Å². The summed E-state index contributed by atoms with van der Waals surface area (Å²) in [7, 11) is 0. The van der Waals surface area contributed by atoms with Gasteiger partial charge in [0.15, 0.2) is 5.84 Å². The Hall–Kier alpha value is -7.50. The van der Waals surface area contributed by atoms with Crippen molar-refractivity contribution in [3.05, 3.63) is 205 Å². The van der Waals surface area contributed by atoms with Gasteiger partial charge in [-0.15, -0.1) is 0 Å². The molecule has 1 aliphatic rings. The van der Waals surface area contributed by atoms with Crippen LogP contribution in [-0.4, -0.2) is 11.7 Å². The number of nitrogens with one attached hydrogen (secondary N) is 1. The summed E-state index contributed by atoms with van der Waals surface area (Å²) in [6.45, 7) is 0. The molecule has 0 amide bonds. The second-order valence-corrected chi connectivity index (χ2v) is 14.2. The van der Waals surface area contributed by atoms with Crippen molar-refractivity contribution < 1.29 is 8.83 Å². The fourth-order valence-corrected chi connectivity index (χ4v) is 8.02. The van der Waals surface area contributed by atoms with E-state index in [1.165, 1.54) is 0 Å². The van der Waals surface area contributed by atoms with Crippen LogP contribution in [-0.2, 0) is 0 Å². The summed E-state index contributed by atoms with van der Waals surface area (Å²) in [4.78, 5) is 10.2. The van der Waals surface area contributed by atoms with E-state index < -0.39 is 0 Å². The lowest BCUT2D eigenvalue weighted by atomic mass is 9.95. The zero-order valence-corrected chi connectivity index (χ0v) is 30.2. The molecule has 264 valence electrons. The number of hydrogen-bond acceptors (Lipinski definition) is 5. The summed E-state index contributed by atoms with van der Waals surface area (Å²) >= 11 is 0. The largest absolute Gasteiger partial charge is 0.456 e. The maximum absolute atomic E-state index is 6.45. The summed E-state index contributed by atoms with van der Waals surface area (Å²) in [5.41, 5.74) is 13.2. The molecular weight excluding hydrogens is 687 g/mol. The molecule has 56 heavy (non-hydrogen) atoms. The van der Waals surface area contributed by atoms with Gasteiger partial charge < -0.3 is 14.2 Å². The van der Waals surface area contributed by atoms with Crippen molar-refractivity contribution >= 4 is 55.5 Å². The predicted octanol–water partition coefficient (Wildman–Crippen LogP) is 13.0. The van der Waals surface area contributed by atoms with Gasteiger partial charge in [-0.3, -0.25) is 0 Å². The third kappa shape index (κ3) is 5.48. The van der Waals surface area contributed by atoms with Gasteiger partial charge in [-0.1, -0.05) is 158 Å². The molecule has 0 bridgehead atoms. The highest BCUT2D eigenvalue weighted by atomic mass is 16.3. The smallest absolute Gasteiger partial charge is 0.159 e. The Morgan fingerprint density at radius 1 is 0.411 bits per heavy atom. The molecule has 1 N–H and O–H groups in total. The van der Waals surface area contributed by atoms with Gasteiger partial charge in [-0.25, -0.2) is 9.98 Å². The maximum atomic E-state index is 6.45. The molecule has 0 saturated carbocycles. The van der Waals surface area contributed by atoms with Crippen LogP contribution in [0.5, 0.6) is 0 Å². The normalized spacial score (nSPS) is 14.2. The first kappa shape index (κ1) is 32.0. The number of rotatable bonds is 6. The minimum Gasteiger partial charge on any atom is -0.456 e. The average Bonchev–Trinajstić information content (AvgIpc) is 3.85. The van der Waals surface area contributed by atoms with Crippen LogP contribution in [0.3, 0.4) is 0 Å². The first-order chi connectivity index (χ1) is 27.7. The van der Waals surface area contributed by atoms with Gasteiger partial charge in [0.1, 0.15) is 34.3 Å². The van der Waals surface area contributed by atoms with Crippen LogP contribution in [0.2, 0.25) is 0 Å². The van der Waals surface area contributed by atoms with Crippen molar-refractivity contribution in [2.24, 2.45) is 9.98 Å². The Morgan fingerprint density at radius 3 is 1.88 bits per heavy atom. The SMILES string of the molecule is c1ccc(C2=NC(c3cccc(-c4ccc5oc6cccc(-c7ccc(-c8cccc9c8oc8ccccc89)cc7)c6c5c4)c3)=NC(c3ccccc3)N2)cc1. The van der Waals surface area contributed by atoms with Crippen LogP contribution in [0.4, 0.5) is 0 Å². The Kier molecular flexibility index (Phi) is 7.49. The Labute approximate surface area is 322 Å². The number of aliphatic imine (C=N–C) groups is 2. The third-order valence-electron chi connectivity index (χ3n) is 10.8. The first-order valence-corrected chi connectivity index (χ1v) is 18.8. The molecule has 0 radical (unpaired) electrons. The Balaban J connectivity index is 0.971. The molecule has 10 aromatic rings. The molecule has 0 fully saturated rings. The molecular formula is C51H33N3O2. The van der Waals surface area contributed by atoms with E-state index in [2.05, 4.69) is 145 Å². The van der Waals surface area contributed by atoms with Gasteiger partial charge in [-0.2, -0.15) is 0 Å². The van der Waals surface area contributed by atoms with Crippen molar-refractivity contribution in [2.45, 2.75) is 6.17 Å². The second kappa shape index (κ2) is 13.1. The first-order valence-electron chi connectivity index (χ1n) is 18.8. The van der Waals surface area contributed by atoms with Crippen LogP contribution in [0.15, 0.2) is 207 Å². The second-order valence-electron chi connectivity index (χ2n) is 14.2. The van der Waals surface area contributed by atoms with Crippen molar-refractivity contribution in [3.63, 3.8) is 0 Å². The summed E-state index contributed by atoms with van der Waals surface area (Å²) in [5, 5.41) is 7.98. The van der Waals surface area contributed by atoms with Crippen molar-refractivity contribution in [2.75, 3.05) is 0 Å². The van der Waals surface area contributed by atoms with Crippen LogP contribution in [0.25, 0.3) is 77.3 Å². The van der Waals surface area contributed by atoms with E-state index in [-0.39, 0.29) is 6.17 Å². The van der Waals surface area contributed by atoms with Crippen LogP contribution >= 0.6 is 0 Å². The van der Waals surface area contributed by atoms with Gasteiger partial charge >= 0.3 is 0 Å².